The lowest BCUT2D eigenvalue weighted by Gasteiger charge is -2.33. The standard InChI is InChI=1S/C20H18F3N3O2.C2HF3O2/c1-11-2-4-13(20(21,22)23)9-14(11)12-3-5-16-15(8-12)19(28)26-7-6-24-10-17(26)18(27)25-16;3-2(4,5)1(6)7/h2-5,8-9,17,24H,6-7,10H2,1H3,(H,25,27);(H,6,7)/t17-;/m0./s1. The van der Waals surface area contributed by atoms with Crippen LogP contribution in [0.1, 0.15) is 21.5 Å². The first-order valence-corrected chi connectivity index (χ1v) is 10.1. The number of carboxylic acids is 1. The van der Waals surface area contributed by atoms with Gasteiger partial charge in [-0.15, -0.1) is 0 Å². The molecule has 0 aromatic heterocycles. The Balaban J connectivity index is 0.000000429. The molecule has 2 amide bonds. The molecule has 13 heteroatoms. The molecule has 1 saturated heterocycles. The minimum atomic E-state index is -5.08. The van der Waals surface area contributed by atoms with E-state index in [1.54, 1.807) is 25.1 Å². The number of piperazine rings is 1. The Morgan fingerprint density at radius 3 is 2.29 bits per heavy atom. The first kappa shape index (κ1) is 26.0. The van der Waals surface area contributed by atoms with Gasteiger partial charge in [0, 0.05) is 19.6 Å². The molecule has 0 unspecified atom stereocenters. The number of nitrogens with zero attached hydrogens (tertiary/aromatic N) is 1. The van der Waals surface area contributed by atoms with E-state index in [0.717, 1.165) is 12.1 Å². The van der Waals surface area contributed by atoms with Crippen molar-refractivity contribution in [3.63, 3.8) is 0 Å². The number of carbonyl (C=O) groups excluding carboxylic acids is 2. The Morgan fingerprint density at radius 2 is 1.69 bits per heavy atom. The highest BCUT2D eigenvalue weighted by atomic mass is 19.4. The van der Waals surface area contributed by atoms with Gasteiger partial charge in [0.25, 0.3) is 5.91 Å². The van der Waals surface area contributed by atoms with Crippen molar-refractivity contribution in [3.05, 3.63) is 53.1 Å². The first-order valence-electron chi connectivity index (χ1n) is 10.1. The molecule has 0 spiro atoms. The summed E-state index contributed by atoms with van der Waals surface area (Å²) in [6.45, 7) is 3.06. The molecule has 3 N–H and O–H groups in total. The average Bonchev–Trinajstić information content (AvgIpc) is 2.88. The second-order valence-electron chi connectivity index (χ2n) is 7.80. The Morgan fingerprint density at radius 1 is 1.03 bits per heavy atom. The number of alkyl halides is 6. The number of hydrogen-bond donors (Lipinski definition) is 3. The van der Waals surface area contributed by atoms with Crippen LogP contribution in [0.5, 0.6) is 0 Å². The lowest BCUT2D eigenvalue weighted by Crippen LogP contribution is -2.57. The molecule has 1 fully saturated rings. The van der Waals surface area contributed by atoms with Crippen LogP contribution in [0.2, 0.25) is 0 Å². The smallest absolute Gasteiger partial charge is 0.475 e. The molecule has 0 saturated carbocycles. The van der Waals surface area contributed by atoms with Gasteiger partial charge in [-0.05, 0) is 47.9 Å². The number of amides is 2. The number of anilines is 1. The van der Waals surface area contributed by atoms with Gasteiger partial charge in [0.05, 0.1) is 16.8 Å². The summed E-state index contributed by atoms with van der Waals surface area (Å²) >= 11 is 0. The fraction of sp³-hybridized carbons (Fsp3) is 0.318. The van der Waals surface area contributed by atoms with Gasteiger partial charge < -0.3 is 20.6 Å². The van der Waals surface area contributed by atoms with Gasteiger partial charge in [0.1, 0.15) is 6.04 Å². The largest absolute Gasteiger partial charge is 0.490 e. The molecular formula is C22H19F6N3O4. The third kappa shape index (κ3) is 5.73. The van der Waals surface area contributed by atoms with E-state index < -0.39 is 29.9 Å². The summed E-state index contributed by atoms with van der Waals surface area (Å²) in [6.07, 6.45) is -9.54. The van der Waals surface area contributed by atoms with E-state index >= 15 is 0 Å². The number of benzene rings is 2. The van der Waals surface area contributed by atoms with Crippen LogP contribution in [0.4, 0.5) is 32.0 Å². The summed E-state index contributed by atoms with van der Waals surface area (Å²) < 4.78 is 71.1. The lowest BCUT2D eigenvalue weighted by atomic mass is 9.95. The second-order valence-corrected chi connectivity index (χ2v) is 7.80. The molecular weight excluding hydrogens is 484 g/mol. The number of rotatable bonds is 1. The molecule has 0 aliphatic carbocycles. The van der Waals surface area contributed by atoms with E-state index in [1.807, 2.05) is 0 Å². The number of carboxylic acid groups (broad SMARTS) is 1. The number of halogens is 6. The maximum atomic E-state index is 13.1. The molecule has 0 radical (unpaired) electrons. The molecule has 2 aromatic carbocycles. The molecule has 7 nitrogen and oxygen atoms in total. The van der Waals surface area contributed by atoms with Gasteiger partial charge in [0.2, 0.25) is 5.91 Å². The Bertz CT molecular complexity index is 1160. The van der Waals surface area contributed by atoms with Crippen LogP contribution in [0.25, 0.3) is 11.1 Å². The highest BCUT2D eigenvalue weighted by Crippen LogP contribution is 2.35. The number of carbonyl (C=O) groups is 3. The number of aliphatic carboxylic acids is 1. The van der Waals surface area contributed by atoms with Gasteiger partial charge in [0.15, 0.2) is 0 Å². The number of fused-ring (bicyclic) bond motifs is 2. The van der Waals surface area contributed by atoms with E-state index in [9.17, 15) is 35.9 Å². The van der Waals surface area contributed by atoms with Crippen molar-refractivity contribution in [2.24, 2.45) is 0 Å². The van der Waals surface area contributed by atoms with E-state index in [-0.39, 0.29) is 17.4 Å². The van der Waals surface area contributed by atoms with Gasteiger partial charge in [-0.2, -0.15) is 26.3 Å². The first-order chi connectivity index (χ1) is 16.2. The fourth-order valence-corrected chi connectivity index (χ4v) is 3.66. The van der Waals surface area contributed by atoms with Gasteiger partial charge in [-0.25, -0.2) is 4.79 Å². The molecule has 2 aliphatic rings. The van der Waals surface area contributed by atoms with Crippen LogP contribution in [0.3, 0.4) is 0 Å². The minimum Gasteiger partial charge on any atom is -0.475 e. The summed E-state index contributed by atoms with van der Waals surface area (Å²) in [4.78, 5) is 35.9. The van der Waals surface area contributed by atoms with Gasteiger partial charge >= 0.3 is 18.3 Å². The minimum absolute atomic E-state index is 0.276. The van der Waals surface area contributed by atoms with Crippen molar-refractivity contribution in [2.75, 3.05) is 25.0 Å². The zero-order valence-electron chi connectivity index (χ0n) is 18.0. The van der Waals surface area contributed by atoms with Crippen molar-refractivity contribution in [2.45, 2.75) is 25.3 Å². The van der Waals surface area contributed by atoms with Crippen LogP contribution >= 0.6 is 0 Å². The van der Waals surface area contributed by atoms with E-state index in [4.69, 9.17) is 9.90 Å². The van der Waals surface area contributed by atoms with Gasteiger partial charge in [-0.1, -0.05) is 12.1 Å². The highest BCUT2D eigenvalue weighted by Gasteiger charge is 2.38. The fourth-order valence-electron chi connectivity index (χ4n) is 3.66. The summed E-state index contributed by atoms with van der Waals surface area (Å²) in [5.74, 6) is -3.33. The van der Waals surface area contributed by atoms with Crippen LogP contribution in [-0.2, 0) is 15.8 Å². The lowest BCUT2D eigenvalue weighted by molar-refractivity contribution is -0.192. The summed E-state index contributed by atoms with van der Waals surface area (Å²) in [5.41, 5.74) is 1.48. The highest BCUT2D eigenvalue weighted by molar-refractivity contribution is 6.10. The summed E-state index contributed by atoms with van der Waals surface area (Å²) in [6, 6.07) is 7.70. The molecule has 1 atom stereocenters. The van der Waals surface area contributed by atoms with Crippen LogP contribution in [-0.4, -0.2) is 59.6 Å². The Hall–Kier alpha value is -3.61. The molecule has 2 aliphatic heterocycles. The van der Waals surface area contributed by atoms with E-state index in [2.05, 4.69) is 10.6 Å². The summed E-state index contributed by atoms with van der Waals surface area (Å²) in [7, 11) is 0. The third-order valence-corrected chi connectivity index (χ3v) is 5.43. The molecule has 35 heavy (non-hydrogen) atoms. The van der Waals surface area contributed by atoms with Crippen LogP contribution < -0.4 is 10.6 Å². The summed E-state index contributed by atoms with van der Waals surface area (Å²) in [5, 5.41) is 13.0. The zero-order valence-corrected chi connectivity index (χ0v) is 18.0. The van der Waals surface area contributed by atoms with Crippen molar-refractivity contribution in [1.82, 2.24) is 10.2 Å². The molecule has 2 heterocycles. The topological polar surface area (TPSA) is 98.7 Å². The monoisotopic (exact) mass is 503 g/mol. The Kier molecular flexibility index (Phi) is 7.11. The average molecular weight is 503 g/mol. The number of hydrogen-bond acceptors (Lipinski definition) is 4. The van der Waals surface area contributed by atoms with E-state index in [0.29, 0.717) is 42.0 Å². The van der Waals surface area contributed by atoms with E-state index in [1.165, 1.54) is 11.0 Å². The van der Waals surface area contributed by atoms with Crippen molar-refractivity contribution in [1.29, 1.82) is 0 Å². The van der Waals surface area contributed by atoms with Crippen molar-refractivity contribution in [3.8, 4) is 11.1 Å². The predicted octanol–water partition coefficient (Wildman–Crippen LogP) is 3.68. The Labute approximate surface area is 194 Å². The normalized spacial score (nSPS) is 17.9. The molecule has 4 rings (SSSR count). The zero-order chi connectivity index (χ0) is 26.1. The maximum absolute atomic E-state index is 13.1. The van der Waals surface area contributed by atoms with Crippen molar-refractivity contribution >= 4 is 23.5 Å². The van der Waals surface area contributed by atoms with Crippen molar-refractivity contribution < 1.29 is 45.8 Å². The second kappa shape index (κ2) is 9.56. The number of aryl methyl sites for hydroxylation is 1. The predicted molar refractivity (Wildman–Crippen MR) is 112 cm³/mol. The SMILES string of the molecule is Cc1ccc(C(F)(F)F)cc1-c1ccc2c(c1)C(=O)N1CCNC[C@H]1C(=O)N2.O=C(O)C(F)(F)F. The van der Waals surface area contributed by atoms with Crippen LogP contribution in [0.15, 0.2) is 36.4 Å². The number of nitrogens with one attached hydrogen (secondary N) is 2. The quantitative estimate of drug-likeness (QED) is 0.516. The van der Waals surface area contributed by atoms with Crippen LogP contribution in [0, 0.1) is 6.92 Å². The molecule has 188 valence electrons. The van der Waals surface area contributed by atoms with Gasteiger partial charge in [-0.3, -0.25) is 9.59 Å². The molecule has 0 bridgehead atoms. The molecule has 2 aromatic rings. The maximum Gasteiger partial charge on any atom is 0.490 e. The third-order valence-electron chi connectivity index (χ3n) is 5.43.